The first kappa shape index (κ1) is 26.7. The number of amides is 1. The third kappa shape index (κ3) is 6.90. The Kier molecular flexibility index (Phi) is 8.36. The molecule has 9 heteroatoms. The van der Waals surface area contributed by atoms with Crippen molar-refractivity contribution in [2.45, 2.75) is 58.8 Å². The fraction of sp³-hybridized carbons (Fsp3) is 0.731. The average Bonchev–Trinajstić information content (AvgIpc) is 3.34. The Morgan fingerprint density at radius 2 is 1.77 bits per heavy atom. The molecule has 1 amide bonds. The number of nitrogens with zero attached hydrogens (tertiary/aromatic N) is 3. The average molecular weight is 526 g/mol. The highest BCUT2D eigenvalue weighted by Gasteiger charge is 2.45. The molecule has 7 nitrogen and oxygen atoms in total. The van der Waals surface area contributed by atoms with Crippen molar-refractivity contribution < 1.29 is 18.5 Å². The zero-order chi connectivity index (χ0) is 25.3. The Bertz CT molecular complexity index is 918. The van der Waals surface area contributed by atoms with Crippen LogP contribution in [0, 0.1) is 17.8 Å². The molecule has 3 aliphatic rings. The highest BCUT2D eigenvalue weighted by Crippen LogP contribution is 2.44. The summed E-state index contributed by atoms with van der Waals surface area (Å²) < 4.78 is 25.5. The maximum atomic E-state index is 12.4. The fourth-order valence-electron chi connectivity index (χ4n) is 5.64. The minimum atomic E-state index is -0.891. The van der Waals surface area contributed by atoms with Crippen LogP contribution in [-0.4, -0.2) is 81.6 Å². The van der Waals surface area contributed by atoms with Gasteiger partial charge in [0, 0.05) is 52.1 Å². The molecule has 1 saturated carbocycles. The summed E-state index contributed by atoms with van der Waals surface area (Å²) in [4.78, 5) is 16.7. The van der Waals surface area contributed by atoms with E-state index in [1.165, 1.54) is 5.56 Å². The van der Waals surface area contributed by atoms with Crippen LogP contribution >= 0.6 is 11.6 Å². The van der Waals surface area contributed by atoms with Gasteiger partial charge in [0.15, 0.2) is 0 Å². The molecule has 1 aromatic carbocycles. The lowest BCUT2D eigenvalue weighted by molar-refractivity contribution is 0.0273. The number of hydrogen-bond acceptors (Lipinski definition) is 5. The second-order valence-electron chi connectivity index (χ2n) is 11.4. The van der Waals surface area contributed by atoms with Crippen molar-refractivity contribution in [3.05, 3.63) is 28.8 Å². The molecule has 2 aliphatic heterocycles. The van der Waals surface area contributed by atoms with Crippen LogP contribution in [0.5, 0.6) is 5.75 Å². The van der Waals surface area contributed by atoms with Crippen LogP contribution in [0.3, 0.4) is 0 Å². The first-order valence-electron chi connectivity index (χ1n) is 12.7. The van der Waals surface area contributed by atoms with Crippen LogP contribution in [0.4, 0.5) is 4.79 Å². The lowest BCUT2D eigenvalue weighted by Crippen LogP contribution is -2.46. The maximum absolute atomic E-state index is 12.4. The molecule has 196 valence electrons. The Labute approximate surface area is 217 Å². The van der Waals surface area contributed by atoms with Gasteiger partial charge in [-0.25, -0.2) is 13.3 Å². The smallest absolute Gasteiger partial charge is 0.410 e. The van der Waals surface area contributed by atoms with Crippen molar-refractivity contribution in [3.63, 3.8) is 0 Å². The van der Waals surface area contributed by atoms with E-state index in [9.17, 15) is 9.00 Å². The van der Waals surface area contributed by atoms with Crippen molar-refractivity contribution in [3.8, 4) is 5.75 Å². The van der Waals surface area contributed by atoms with Gasteiger partial charge in [-0.1, -0.05) is 17.7 Å². The molecule has 1 aromatic rings. The highest BCUT2D eigenvalue weighted by molar-refractivity contribution is 7.81. The van der Waals surface area contributed by atoms with Gasteiger partial charge in [0.1, 0.15) is 11.4 Å². The monoisotopic (exact) mass is 525 g/mol. The van der Waals surface area contributed by atoms with E-state index < -0.39 is 16.6 Å². The third-order valence-corrected chi connectivity index (χ3v) is 8.90. The van der Waals surface area contributed by atoms with Gasteiger partial charge in [-0.05, 0) is 76.0 Å². The zero-order valence-electron chi connectivity index (χ0n) is 21.7. The van der Waals surface area contributed by atoms with Crippen LogP contribution in [0.25, 0.3) is 0 Å². The number of fused-ring (bicyclic) bond motifs is 1. The number of ether oxygens (including phenoxy) is 2. The van der Waals surface area contributed by atoms with E-state index in [-0.39, 0.29) is 12.2 Å². The number of piperazine rings is 1. The summed E-state index contributed by atoms with van der Waals surface area (Å²) in [6.07, 6.45) is 3.75. The second-order valence-corrected chi connectivity index (χ2v) is 13.1. The van der Waals surface area contributed by atoms with Gasteiger partial charge in [0.2, 0.25) is 0 Å². The molecular formula is C26H40ClN3O4S. The first-order valence-corrected chi connectivity index (χ1v) is 14.6. The molecule has 2 saturated heterocycles. The minimum Gasteiger partial charge on any atom is -0.489 e. The van der Waals surface area contributed by atoms with Gasteiger partial charge in [-0.15, -0.1) is 0 Å². The van der Waals surface area contributed by atoms with E-state index in [0.29, 0.717) is 22.8 Å². The quantitative estimate of drug-likeness (QED) is 0.550. The van der Waals surface area contributed by atoms with Crippen LogP contribution < -0.4 is 4.74 Å². The van der Waals surface area contributed by atoms with Crippen LogP contribution in [-0.2, 0) is 22.3 Å². The van der Waals surface area contributed by atoms with E-state index >= 15 is 0 Å². The van der Waals surface area contributed by atoms with Crippen molar-refractivity contribution in [2.75, 3.05) is 45.5 Å². The molecule has 3 unspecified atom stereocenters. The molecule has 5 atom stereocenters. The molecule has 0 radical (unpaired) electrons. The number of benzene rings is 1. The normalized spacial score (nSPS) is 27.5. The molecule has 0 bridgehead atoms. The predicted molar refractivity (Wildman–Crippen MR) is 140 cm³/mol. The van der Waals surface area contributed by atoms with Crippen molar-refractivity contribution in [1.82, 2.24) is 14.1 Å². The van der Waals surface area contributed by atoms with Crippen molar-refractivity contribution in [1.29, 1.82) is 0 Å². The molecule has 0 aromatic heterocycles. The summed E-state index contributed by atoms with van der Waals surface area (Å²) >= 11 is 6.62. The largest absolute Gasteiger partial charge is 0.489 e. The predicted octanol–water partition coefficient (Wildman–Crippen LogP) is 4.41. The van der Waals surface area contributed by atoms with Crippen molar-refractivity contribution >= 4 is 28.7 Å². The number of carbonyl (C=O) groups excluding carboxylic acids is 1. The van der Waals surface area contributed by atoms with Crippen LogP contribution in [0.2, 0.25) is 5.02 Å². The summed E-state index contributed by atoms with van der Waals surface area (Å²) in [5.41, 5.74) is 0.707. The molecule has 2 heterocycles. The molecule has 1 aliphatic carbocycles. The summed E-state index contributed by atoms with van der Waals surface area (Å²) in [5, 5.41) is 0.650. The van der Waals surface area contributed by atoms with Gasteiger partial charge in [0.25, 0.3) is 0 Å². The second kappa shape index (κ2) is 11.0. The topological polar surface area (TPSA) is 62.3 Å². The standard InChI is InChI=1S/C26H40ClN3O4S/c1-18(20-13-21-16-29(17-22(21)14-20)25(31)34-26(2,3)4)33-24-7-6-19(12-23(24)27)15-28-8-10-30(11-9-28)35(5)32/h6-7,12,18,20-22H,8-11,13-17H2,1-5H3/t18-,20?,21-,22?,35?/m0/s1. The number of rotatable bonds is 6. The fourth-order valence-corrected chi connectivity index (χ4v) is 6.57. The lowest BCUT2D eigenvalue weighted by atomic mass is 10.00. The van der Waals surface area contributed by atoms with Gasteiger partial charge in [0.05, 0.1) is 22.1 Å². The molecule has 3 fully saturated rings. The third-order valence-electron chi connectivity index (χ3n) is 7.51. The molecule has 35 heavy (non-hydrogen) atoms. The first-order chi connectivity index (χ1) is 16.5. The Morgan fingerprint density at radius 3 is 2.31 bits per heavy atom. The summed E-state index contributed by atoms with van der Waals surface area (Å²) in [7, 11) is -0.891. The molecule has 4 rings (SSSR count). The number of hydrogen-bond donors (Lipinski definition) is 0. The van der Waals surface area contributed by atoms with Crippen LogP contribution in [0.1, 0.15) is 46.1 Å². The Morgan fingerprint density at radius 1 is 1.14 bits per heavy atom. The summed E-state index contributed by atoms with van der Waals surface area (Å²) in [5.74, 6) is 2.23. The highest BCUT2D eigenvalue weighted by atomic mass is 35.5. The zero-order valence-corrected chi connectivity index (χ0v) is 23.2. The van der Waals surface area contributed by atoms with E-state index in [1.807, 2.05) is 42.1 Å². The molecular weight excluding hydrogens is 486 g/mol. The molecule has 0 spiro atoms. The summed E-state index contributed by atoms with van der Waals surface area (Å²) in [6.45, 7) is 13.7. The maximum Gasteiger partial charge on any atom is 0.410 e. The van der Waals surface area contributed by atoms with E-state index in [2.05, 4.69) is 17.9 Å². The SMILES string of the molecule is C[C@H](Oc1ccc(CN2CCN(S(C)=O)CC2)cc1Cl)C1CC2CN(C(=O)OC(C)(C)C)C[C@@H]2C1. The number of halogens is 1. The van der Waals surface area contributed by atoms with Crippen molar-refractivity contribution in [2.24, 2.45) is 17.8 Å². The van der Waals surface area contributed by atoms with E-state index in [1.54, 1.807) is 6.26 Å². The lowest BCUT2D eigenvalue weighted by Gasteiger charge is -2.33. The minimum absolute atomic E-state index is 0.0712. The van der Waals surface area contributed by atoms with Gasteiger partial charge in [-0.3, -0.25) is 4.90 Å². The molecule has 0 N–H and O–H groups in total. The van der Waals surface area contributed by atoms with Gasteiger partial charge in [-0.2, -0.15) is 0 Å². The Hall–Kier alpha value is -1.35. The van der Waals surface area contributed by atoms with Gasteiger partial charge >= 0.3 is 6.09 Å². The number of carbonyl (C=O) groups is 1. The van der Waals surface area contributed by atoms with Gasteiger partial charge < -0.3 is 14.4 Å². The van der Waals surface area contributed by atoms with E-state index in [0.717, 1.165) is 64.4 Å². The van der Waals surface area contributed by atoms with E-state index in [4.69, 9.17) is 21.1 Å². The Balaban J connectivity index is 1.25. The number of likely N-dealkylation sites (tertiary alicyclic amines) is 1. The summed E-state index contributed by atoms with van der Waals surface area (Å²) in [6, 6.07) is 6.10. The van der Waals surface area contributed by atoms with Crippen LogP contribution in [0.15, 0.2) is 18.2 Å².